The van der Waals surface area contributed by atoms with Crippen LogP contribution in [0.25, 0.3) is 0 Å². The molecule has 0 saturated carbocycles. The van der Waals surface area contributed by atoms with Crippen LogP contribution in [0, 0.1) is 0 Å². The highest BCUT2D eigenvalue weighted by Gasteiger charge is 1.99. The number of ether oxygens (including phenoxy) is 1. The number of nitrogens with two attached hydrogens (primary N) is 1. The first-order valence-corrected chi connectivity index (χ1v) is 5.72. The fraction of sp³-hybridized carbons (Fsp3) is 0.538. The average Bonchev–Trinajstić information content (AvgIpc) is 2.25. The molecule has 0 bridgehead atoms. The second-order valence-corrected chi connectivity index (χ2v) is 3.91. The molecule has 2 heteroatoms. The second-order valence-electron chi connectivity index (χ2n) is 3.91. The lowest BCUT2D eigenvalue weighted by Gasteiger charge is -2.08. The van der Waals surface area contributed by atoms with E-state index in [4.69, 9.17) is 10.5 Å². The molecule has 0 heterocycles. The fourth-order valence-corrected chi connectivity index (χ4v) is 1.41. The van der Waals surface area contributed by atoms with Crippen LogP contribution in [0.4, 0.5) is 0 Å². The van der Waals surface area contributed by atoms with Gasteiger partial charge in [-0.2, -0.15) is 0 Å². The fourth-order valence-electron chi connectivity index (χ4n) is 1.41. The van der Waals surface area contributed by atoms with Gasteiger partial charge in [0.25, 0.3) is 0 Å². The van der Waals surface area contributed by atoms with E-state index in [9.17, 15) is 0 Å². The van der Waals surface area contributed by atoms with E-state index in [1.54, 1.807) is 0 Å². The Labute approximate surface area is 92.4 Å². The van der Waals surface area contributed by atoms with E-state index in [1.165, 1.54) is 12.8 Å². The molecule has 2 N–H and O–H groups in total. The van der Waals surface area contributed by atoms with Crippen LogP contribution in [0.5, 0.6) is 5.75 Å². The van der Waals surface area contributed by atoms with E-state index in [1.807, 2.05) is 31.2 Å². The van der Waals surface area contributed by atoms with Crippen LogP contribution in [-0.4, -0.2) is 6.61 Å². The number of hydrogen-bond donors (Lipinski definition) is 1. The molecule has 0 aliphatic carbocycles. The predicted molar refractivity (Wildman–Crippen MR) is 64.1 cm³/mol. The molecular weight excluding hydrogens is 186 g/mol. The monoisotopic (exact) mass is 207 g/mol. The molecule has 0 spiro atoms. The Morgan fingerprint density at radius 2 is 1.87 bits per heavy atom. The highest BCUT2D eigenvalue weighted by atomic mass is 16.5. The van der Waals surface area contributed by atoms with E-state index in [0.29, 0.717) is 0 Å². The van der Waals surface area contributed by atoms with Gasteiger partial charge < -0.3 is 10.5 Å². The highest BCUT2D eigenvalue weighted by molar-refractivity contribution is 5.28. The Bertz CT molecular complexity index is 266. The highest BCUT2D eigenvalue weighted by Crippen LogP contribution is 2.16. The molecule has 1 rings (SSSR count). The molecule has 84 valence electrons. The maximum Gasteiger partial charge on any atom is 0.119 e. The number of benzene rings is 1. The maximum absolute atomic E-state index is 5.76. The van der Waals surface area contributed by atoms with E-state index in [0.717, 1.165) is 24.3 Å². The molecule has 0 aromatic heterocycles. The summed E-state index contributed by atoms with van der Waals surface area (Å²) in [7, 11) is 0. The van der Waals surface area contributed by atoms with Crippen molar-refractivity contribution in [3.8, 4) is 5.75 Å². The SMILES string of the molecule is CCCCCOc1ccc([C@H](C)N)cc1. The van der Waals surface area contributed by atoms with Crippen molar-refractivity contribution in [3.05, 3.63) is 29.8 Å². The van der Waals surface area contributed by atoms with Gasteiger partial charge in [-0.05, 0) is 31.0 Å². The van der Waals surface area contributed by atoms with Crippen molar-refractivity contribution >= 4 is 0 Å². The molecule has 0 fully saturated rings. The van der Waals surface area contributed by atoms with Crippen LogP contribution in [0.2, 0.25) is 0 Å². The zero-order chi connectivity index (χ0) is 11.1. The van der Waals surface area contributed by atoms with Gasteiger partial charge in [-0.15, -0.1) is 0 Å². The van der Waals surface area contributed by atoms with Crippen molar-refractivity contribution in [2.75, 3.05) is 6.61 Å². The van der Waals surface area contributed by atoms with Crippen molar-refractivity contribution in [2.24, 2.45) is 5.73 Å². The summed E-state index contributed by atoms with van der Waals surface area (Å²) < 4.78 is 5.60. The number of hydrogen-bond acceptors (Lipinski definition) is 2. The minimum atomic E-state index is 0.0964. The summed E-state index contributed by atoms with van der Waals surface area (Å²) in [6.45, 7) is 4.99. The molecule has 2 nitrogen and oxygen atoms in total. The summed E-state index contributed by atoms with van der Waals surface area (Å²) in [6.07, 6.45) is 3.59. The zero-order valence-electron chi connectivity index (χ0n) is 9.70. The Balaban J connectivity index is 2.36. The van der Waals surface area contributed by atoms with Gasteiger partial charge in [-0.25, -0.2) is 0 Å². The van der Waals surface area contributed by atoms with Crippen LogP contribution < -0.4 is 10.5 Å². The van der Waals surface area contributed by atoms with E-state index in [2.05, 4.69) is 6.92 Å². The third-order valence-electron chi connectivity index (χ3n) is 2.42. The lowest BCUT2D eigenvalue weighted by atomic mass is 10.1. The molecular formula is C13H21NO. The summed E-state index contributed by atoms with van der Waals surface area (Å²) in [5.41, 5.74) is 6.91. The van der Waals surface area contributed by atoms with Crippen LogP contribution in [0.15, 0.2) is 24.3 Å². The Morgan fingerprint density at radius 1 is 1.20 bits per heavy atom. The van der Waals surface area contributed by atoms with Gasteiger partial charge in [0.2, 0.25) is 0 Å². The molecule has 0 radical (unpaired) electrons. The second kappa shape index (κ2) is 6.46. The van der Waals surface area contributed by atoms with Gasteiger partial charge in [-0.3, -0.25) is 0 Å². The first kappa shape index (κ1) is 12.1. The summed E-state index contributed by atoms with van der Waals surface area (Å²) >= 11 is 0. The minimum Gasteiger partial charge on any atom is -0.494 e. The van der Waals surface area contributed by atoms with Crippen LogP contribution in [-0.2, 0) is 0 Å². The molecule has 0 amide bonds. The van der Waals surface area contributed by atoms with Crippen LogP contribution in [0.1, 0.15) is 44.7 Å². The largest absolute Gasteiger partial charge is 0.494 e. The lowest BCUT2D eigenvalue weighted by molar-refractivity contribution is 0.306. The molecule has 1 aromatic carbocycles. The first-order valence-electron chi connectivity index (χ1n) is 5.72. The third-order valence-corrected chi connectivity index (χ3v) is 2.42. The minimum absolute atomic E-state index is 0.0964. The summed E-state index contributed by atoms with van der Waals surface area (Å²) in [5.74, 6) is 0.940. The van der Waals surface area contributed by atoms with Crippen molar-refractivity contribution in [1.82, 2.24) is 0 Å². The van der Waals surface area contributed by atoms with Gasteiger partial charge in [-0.1, -0.05) is 31.9 Å². The topological polar surface area (TPSA) is 35.2 Å². The Morgan fingerprint density at radius 3 is 2.40 bits per heavy atom. The summed E-state index contributed by atoms with van der Waals surface area (Å²) in [5, 5.41) is 0. The zero-order valence-corrected chi connectivity index (χ0v) is 9.70. The van der Waals surface area contributed by atoms with Gasteiger partial charge in [0.05, 0.1) is 6.61 Å². The quantitative estimate of drug-likeness (QED) is 0.726. The Kier molecular flexibility index (Phi) is 5.19. The maximum atomic E-state index is 5.76. The first-order chi connectivity index (χ1) is 7.24. The lowest BCUT2D eigenvalue weighted by Crippen LogP contribution is -2.04. The summed E-state index contributed by atoms with van der Waals surface area (Å²) in [6, 6.07) is 8.13. The normalized spacial score (nSPS) is 12.5. The van der Waals surface area contributed by atoms with E-state index in [-0.39, 0.29) is 6.04 Å². The van der Waals surface area contributed by atoms with Gasteiger partial charge >= 0.3 is 0 Å². The van der Waals surface area contributed by atoms with E-state index >= 15 is 0 Å². The molecule has 15 heavy (non-hydrogen) atoms. The molecule has 0 unspecified atom stereocenters. The van der Waals surface area contributed by atoms with E-state index < -0.39 is 0 Å². The molecule has 1 aromatic rings. The van der Waals surface area contributed by atoms with Crippen LogP contribution >= 0.6 is 0 Å². The van der Waals surface area contributed by atoms with Crippen molar-refractivity contribution < 1.29 is 4.74 Å². The third kappa shape index (κ3) is 4.34. The average molecular weight is 207 g/mol. The predicted octanol–water partition coefficient (Wildman–Crippen LogP) is 3.28. The van der Waals surface area contributed by atoms with Crippen LogP contribution in [0.3, 0.4) is 0 Å². The van der Waals surface area contributed by atoms with Crippen molar-refractivity contribution in [2.45, 2.75) is 39.2 Å². The molecule has 0 aliphatic rings. The number of rotatable bonds is 6. The molecule has 1 atom stereocenters. The smallest absolute Gasteiger partial charge is 0.119 e. The Hall–Kier alpha value is -1.02. The molecule has 0 aliphatic heterocycles. The standard InChI is InChI=1S/C13H21NO/c1-3-4-5-10-15-13-8-6-12(7-9-13)11(2)14/h6-9,11H,3-5,10,14H2,1-2H3/t11-/m0/s1. The molecule has 0 saturated heterocycles. The number of unbranched alkanes of at least 4 members (excludes halogenated alkanes) is 2. The van der Waals surface area contributed by atoms with Crippen molar-refractivity contribution in [3.63, 3.8) is 0 Å². The van der Waals surface area contributed by atoms with Gasteiger partial charge in [0.1, 0.15) is 5.75 Å². The summed E-state index contributed by atoms with van der Waals surface area (Å²) in [4.78, 5) is 0. The van der Waals surface area contributed by atoms with Gasteiger partial charge in [0.15, 0.2) is 0 Å². The van der Waals surface area contributed by atoms with Crippen molar-refractivity contribution in [1.29, 1.82) is 0 Å². The van der Waals surface area contributed by atoms with Gasteiger partial charge in [0, 0.05) is 6.04 Å².